The van der Waals surface area contributed by atoms with Crippen LogP contribution in [-0.4, -0.2) is 80.5 Å². The highest BCUT2D eigenvalue weighted by Gasteiger charge is 2.30. The van der Waals surface area contributed by atoms with Gasteiger partial charge in [0.25, 0.3) is 5.91 Å². The van der Waals surface area contributed by atoms with Gasteiger partial charge in [-0.3, -0.25) is 9.59 Å². The summed E-state index contributed by atoms with van der Waals surface area (Å²) in [6.07, 6.45) is -0.385. The Kier molecular flexibility index (Phi) is 11.6. The summed E-state index contributed by atoms with van der Waals surface area (Å²) in [4.78, 5) is 25.5. The Bertz CT molecular complexity index is 1530. The zero-order valence-corrected chi connectivity index (χ0v) is 25.7. The largest absolute Gasteiger partial charge is 0.495 e. The van der Waals surface area contributed by atoms with Gasteiger partial charge < -0.3 is 34.9 Å². The monoisotopic (exact) mass is 626 g/mol. The summed E-state index contributed by atoms with van der Waals surface area (Å²) in [5.74, 6) is 5.83. The van der Waals surface area contributed by atoms with Gasteiger partial charge in [0.05, 0.1) is 37.2 Å². The Morgan fingerprint density at radius 1 is 1.11 bits per heavy atom. The zero-order valence-electron chi connectivity index (χ0n) is 25.7. The summed E-state index contributed by atoms with van der Waals surface area (Å²) in [5, 5.41) is 9.90. The van der Waals surface area contributed by atoms with E-state index in [2.05, 4.69) is 32.7 Å². The van der Waals surface area contributed by atoms with E-state index >= 15 is 0 Å². The molecular weight excluding hydrogens is 587 g/mol. The van der Waals surface area contributed by atoms with Crippen LogP contribution in [0.4, 0.5) is 24.5 Å². The number of carbonyl (C=O) groups excluding carboxylic acids is 2. The number of nitrogens with zero attached hydrogens (tertiary/aromatic N) is 2. The molecule has 0 spiro atoms. The minimum atomic E-state index is -4.43. The fraction of sp³-hybridized carbons (Fsp3) is 0.424. The van der Waals surface area contributed by atoms with Gasteiger partial charge in [-0.25, -0.2) is 0 Å². The number of rotatable bonds is 12. The lowest BCUT2D eigenvalue weighted by Crippen LogP contribution is -2.40. The van der Waals surface area contributed by atoms with Crippen molar-refractivity contribution in [3.63, 3.8) is 0 Å². The van der Waals surface area contributed by atoms with Crippen LogP contribution in [0, 0.1) is 18.3 Å². The third-order valence-corrected chi connectivity index (χ3v) is 7.54. The highest BCUT2D eigenvalue weighted by Crippen LogP contribution is 2.31. The maximum absolute atomic E-state index is 13.6. The van der Waals surface area contributed by atoms with Crippen LogP contribution in [0.1, 0.15) is 42.2 Å². The van der Waals surface area contributed by atoms with Gasteiger partial charge in [0, 0.05) is 62.2 Å². The second-order valence-electron chi connectivity index (χ2n) is 10.7. The first-order valence-corrected chi connectivity index (χ1v) is 14.9. The average molecular weight is 627 g/mol. The summed E-state index contributed by atoms with van der Waals surface area (Å²) in [6.45, 7) is 3.47. The molecule has 4 rings (SSSR count). The van der Waals surface area contributed by atoms with Crippen molar-refractivity contribution in [2.45, 2.75) is 44.9 Å². The van der Waals surface area contributed by atoms with Gasteiger partial charge in [-0.1, -0.05) is 18.9 Å². The number of fused-ring (bicyclic) bond motifs is 1. The molecule has 3 aromatic rings. The van der Waals surface area contributed by atoms with Gasteiger partial charge in [-0.2, -0.15) is 13.2 Å². The Morgan fingerprint density at radius 2 is 1.89 bits per heavy atom. The predicted molar refractivity (Wildman–Crippen MR) is 168 cm³/mol. The molecule has 1 radical (unpaired) electrons. The first kappa shape index (κ1) is 33.5. The molecule has 0 aliphatic carbocycles. The van der Waals surface area contributed by atoms with Gasteiger partial charge in [-0.05, 0) is 55.2 Å². The topological polar surface area (TPSA) is 96.9 Å². The number of halogens is 3. The van der Waals surface area contributed by atoms with Crippen molar-refractivity contribution in [3.8, 4) is 17.6 Å². The Balaban J connectivity index is 1.45. The molecule has 9 nitrogen and oxygen atoms in total. The normalized spacial score (nSPS) is 14.0. The summed E-state index contributed by atoms with van der Waals surface area (Å²) in [7, 11) is 3.02. The molecule has 45 heavy (non-hydrogen) atoms. The molecular formula is C33H39F3N5O4. The Morgan fingerprint density at radius 3 is 2.58 bits per heavy atom. The van der Waals surface area contributed by atoms with E-state index in [-0.39, 0.29) is 30.2 Å². The fourth-order valence-electron chi connectivity index (χ4n) is 5.23. The van der Waals surface area contributed by atoms with E-state index in [1.807, 2.05) is 12.5 Å². The molecule has 0 atom stereocenters. The number of likely N-dealkylation sites (tertiary alicyclic amines) is 1. The highest BCUT2D eigenvalue weighted by atomic mass is 19.4. The number of hydrogen-bond acceptors (Lipinski definition) is 7. The number of esters is 1. The van der Waals surface area contributed by atoms with E-state index < -0.39 is 12.7 Å². The third-order valence-electron chi connectivity index (χ3n) is 7.54. The smallest absolute Gasteiger partial charge is 0.406 e. The maximum atomic E-state index is 13.6. The molecule has 1 aliphatic rings. The average Bonchev–Trinajstić information content (AvgIpc) is 3.38. The van der Waals surface area contributed by atoms with Gasteiger partial charge in [0.15, 0.2) is 0 Å². The molecule has 1 fully saturated rings. The molecule has 1 aromatic heterocycles. The van der Waals surface area contributed by atoms with Gasteiger partial charge >= 0.3 is 12.1 Å². The van der Waals surface area contributed by atoms with Crippen LogP contribution in [0.15, 0.2) is 42.5 Å². The van der Waals surface area contributed by atoms with Crippen LogP contribution in [-0.2, 0) is 16.1 Å². The lowest BCUT2D eigenvalue weighted by Gasteiger charge is -2.32. The number of alkyl halides is 3. The van der Waals surface area contributed by atoms with Crippen molar-refractivity contribution in [1.82, 2.24) is 14.8 Å². The predicted octanol–water partition coefficient (Wildman–Crippen LogP) is 5.07. The first-order valence-electron chi connectivity index (χ1n) is 14.9. The second kappa shape index (κ2) is 15.6. The minimum absolute atomic E-state index is 0.144. The van der Waals surface area contributed by atoms with Crippen molar-refractivity contribution in [2.75, 3.05) is 57.6 Å². The number of carbonyl (C=O) groups is 2. The molecule has 3 N–H and O–H groups in total. The number of aromatic nitrogens is 1. The van der Waals surface area contributed by atoms with Crippen LogP contribution in [0.5, 0.6) is 5.75 Å². The van der Waals surface area contributed by atoms with Gasteiger partial charge in [0.1, 0.15) is 12.3 Å². The third kappa shape index (κ3) is 9.31. The number of ether oxygens (including phenoxy) is 2. The number of amides is 1. The number of nitrogens with one attached hydrogen (secondary N) is 3. The lowest BCUT2D eigenvalue weighted by atomic mass is 10.0. The van der Waals surface area contributed by atoms with Crippen LogP contribution in [0.25, 0.3) is 10.9 Å². The number of piperidine rings is 1. The second-order valence-corrected chi connectivity index (χ2v) is 10.7. The summed E-state index contributed by atoms with van der Waals surface area (Å²) < 4.78 is 52.6. The molecule has 2 aromatic carbocycles. The van der Waals surface area contributed by atoms with E-state index in [1.54, 1.807) is 43.3 Å². The summed E-state index contributed by atoms with van der Waals surface area (Å²) >= 11 is 0. The lowest BCUT2D eigenvalue weighted by molar-refractivity contribution is -0.142. The minimum Gasteiger partial charge on any atom is -0.495 e. The summed E-state index contributed by atoms with van der Waals surface area (Å²) in [5.41, 5.74) is 2.52. The quantitative estimate of drug-likeness (QED) is 0.147. The van der Waals surface area contributed by atoms with Crippen LogP contribution < -0.4 is 20.7 Å². The van der Waals surface area contributed by atoms with Crippen molar-refractivity contribution >= 4 is 34.2 Å². The SMILES string of the molecule is CCC(=O)OC[CH]CN1CCC(Nc2cccc3c2cc(C#CCNc2ccc(C(=O)NC)cc2OC)n3CC(F)(F)F)CC1. The molecule has 1 saturated heterocycles. The molecule has 0 saturated carbocycles. The molecule has 0 unspecified atom stereocenters. The van der Waals surface area contributed by atoms with Crippen LogP contribution >= 0.6 is 0 Å². The van der Waals surface area contributed by atoms with Crippen molar-refractivity contribution < 1.29 is 32.2 Å². The van der Waals surface area contributed by atoms with E-state index in [4.69, 9.17) is 9.47 Å². The summed E-state index contributed by atoms with van der Waals surface area (Å²) in [6, 6.07) is 12.1. The van der Waals surface area contributed by atoms with E-state index in [9.17, 15) is 22.8 Å². The molecule has 1 aliphatic heterocycles. The molecule has 241 valence electrons. The van der Waals surface area contributed by atoms with E-state index in [1.165, 1.54) is 18.7 Å². The van der Waals surface area contributed by atoms with E-state index in [0.717, 1.165) is 38.2 Å². The number of benzene rings is 2. The highest BCUT2D eigenvalue weighted by molar-refractivity contribution is 5.95. The maximum Gasteiger partial charge on any atom is 0.406 e. The number of methoxy groups -OCH3 is 1. The van der Waals surface area contributed by atoms with Crippen LogP contribution in [0.3, 0.4) is 0 Å². The Labute approximate surface area is 261 Å². The fourth-order valence-corrected chi connectivity index (χ4v) is 5.23. The standard InChI is InChI=1S/C33H39F3N5O4/c1-4-31(42)45-19-7-16-40-17-13-24(14-18-40)39-27-9-5-10-29-26(27)21-25(41(29)22-33(34,35)36)8-6-15-38-28-12-11-23(32(43)37-2)20-30(28)44-3/h5,7,9-12,20-21,24,38-39H,4,13-19,22H2,1-3H3,(H,37,43). The number of hydrogen-bond donors (Lipinski definition) is 3. The van der Waals surface area contributed by atoms with Crippen molar-refractivity contribution in [2.24, 2.45) is 0 Å². The molecule has 2 heterocycles. The Hall–Kier alpha value is -4.37. The molecule has 1 amide bonds. The molecule has 12 heteroatoms. The van der Waals surface area contributed by atoms with Crippen molar-refractivity contribution in [1.29, 1.82) is 0 Å². The van der Waals surface area contributed by atoms with Crippen molar-refractivity contribution in [3.05, 3.63) is 60.1 Å². The van der Waals surface area contributed by atoms with Gasteiger partial charge in [-0.15, -0.1) is 0 Å². The van der Waals surface area contributed by atoms with E-state index in [0.29, 0.717) is 40.9 Å². The van der Waals surface area contributed by atoms with Crippen LogP contribution in [0.2, 0.25) is 0 Å². The zero-order chi connectivity index (χ0) is 32.4. The van der Waals surface area contributed by atoms with Gasteiger partial charge in [0.2, 0.25) is 0 Å². The molecule has 0 bridgehead atoms. The first-order chi connectivity index (χ1) is 21.6. The number of anilines is 2.